The van der Waals surface area contributed by atoms with E-state index in [9.17, 15) is 13.2 Å². The third kappa shape index (κ3) is 3.46. The van der Waals surface area contributed by atoms with E-state index in [1.54, 1.807) is 0 Å². The van der Waals surface area contributed by atoms with E-state index in [0.29, 0.717) is 5.56 Å². The summed E-state index contributed by atoms with van der Waals surface area (Å²) in [7, 11) is 0. The van der Waals surface area contributed by atoms with Crippen molar-refractivity contribution in [2.24, 2.45) is 5.41 Å². The second-order valence-electron chi connectivity index (χ2n) is 5.08. The van der Waals surface area contributed by atoms with Crippen LogP contribution in [0.4, 0.5) is 13.2 Å². The molecule has 17 heavy (non-hydrogen) atoms. The molecule has 1 atom stereocenters. The molecule has 1 unspecified atom stereocenters. The smallest absolute Gasteiger partial charge is 0.312 e. The molecule has 0 aromatic heterocycles. The van der Waals surface area contributed by atoms with Crippen LogP contribution in [0.5, 0.6) is 0 Å². The van der Waals surface area contributed by atoms with Crippen molar-refractivity contribution in [1.82, 2.24) is 0 Å². The summed E-state index contributed by atoms with van der Waals surface area (Å²) in [5.74, 6) is -0.400. The molecule has 0 spiro atoms. The summed E-state index contributed by atoms with van der Waals surface area (Å²) in [5.41, 5.74) is -0.753. The SMILES string of the molecule is CC(OC(F)(F)C(C)(C)C)c1ccc(F)cc1. The van der Waals surface area contributed by atoms with Crippen LogP contribution >= 0.6 is 0 Å². The standard InChI is InChI=1S/C13H17F3O/c1-9(10-5-7-11(14)8-6-10)17-13(15,16)12(2,3)4/h5-9H,1-4H3. The Morgan fingerprint density at radius 2 is 1.53 bits per heavy atom. The summed E-state index contributed by atoms with van der Waals surface area (Å²) in [4.78, 5) is 0. The highest BCUT2D eigenvalue weighted by Crippen LogP contribution is 2.40. The normalized spacial score (nSPS) is 14.8. The van der Waals surface area contributed by atoms with Gasteiger partial charge in [0.25, 0.3) is 0 Å². The van der Waals surface area contributed by atoms with Gasteiger partial charge in [0, 0.05) is 0 Å². The summed E-state index contributed by atoms with van der Waals surface area (Å²) in [6, 6.07) is 5.34. The Morgan fingerprint density at radius 3 is 1.94 bits per heavy atom. The number of benzene rings is 1. The van der Waals surface area contributed by atoms with Crippen molar-refractivity contribution in [3.8, 4) is 0 Å². The zero-order valence-corrected chi connectivity index (χ0v) is 10.4. The molecule has 1 rings (SSSR count). The van der Waals surface area contributed by atoms with Crippen LogP contribution in [0.25, 0.3) is 0 Å². The van der Waals surface area contributed by atoms with Gasteiger partial charge < -0.3 is 4.74 Å². The molecule has 0 heterocycles. The molecule has 1 nitrogen and oxygen atoms in total. The van der Waals surface area contributed by atoms with E-state index in [0.717, 1.165) is 0 Å². The predicted molar refractivity (Wildman–Crippen MR) is 60.3 cm³/mol. The molecule has 0 bridgehead atoms. The first-order chi connectivity index (χ1) is 7.63. The second kappa shape index (κ2) is 4.69. The Morgan fingerprint density at radius 1 is 1.06 bits per heavy atom. The molecular formula is C13H17F3O. The van der Waals surface area contributed by atoms with Crippen LogP contribution in [0, 0.1) is 11.2 Å². The van der Waals surface area contributed by atoms with Gasteiger partial charge in [0.1, 0.15) is 5.82 Å². The molecule has 0 saturated carbocycles. The Labute approximate surface area is 99.6 Å². The molecule has 0 radical (unpaired) electrons. The van der Waals surface area contributed by atoms with Crippen molar-refractivity contribution in [2.75, 3.05) is 0 Å². The van der Waals surface area contributed by atoms with Crippen LogP contribution in [0.1, 0.15) is 39.4 Å². The molecule has 0 aliphatic carbocycles. The maximum Gasteiger partial charge on any atom is 0.361 e. The van der Waals surface area contributed by atoms with Crippen molar-refractivity contribution in [3.05, 3.63) is 35.6 Å². The topological polar surface area (TPSA) is 9.23 Å². The fourth-order valence-electron chi connectivity index (χ4n) is 1.20. The largest absolute Gasteiger partial charge is 0.361 e. The molecular weight excluding hydrogens is 229 g/mol. The number of alkyl halides is 2. The lowest BCUT2D eigenvalue weighted by Gasteiger charge is -2.32. The van der Waals surface area contributed by atoms with E-state index in [1.807, 2.05) is 0 Å². The second-order valence-corrected chi connectivity index (χ2v) is 5.08. The minimum atomic E-state index is -3.24. The van der Waals surface area contributed by atoms with Gasteiger partial charge in [-0.1, -0.05) is 32.9 Å². The summed E-state index contributed by atoms with van der Waals surface area (Å²) in [5, 5.41) is 0. The first-order valence-corrected chi connectivity index (χ1v) is 5.44. The van der Waals surface area contributed by atoms with Crippen molar-refractivity contribution >= 4 is 0 Å². The van der Waals surface area contributed by atoms with Crippen molar-refractivity contribution < 1.29 is 17.9 Å². The van der Waals surface area contributed by atoms with Crippen LogP contribution in [-0.4, -0.2) is 6.11 Å². The van der Waals surface area contributed by atoms with Crippen molar-refractivity contribution in [3.63, 3.8) is 0 Å². The Hall–Kier alpha value is -1.03. The van der Waals surface area contributed by atoms with Gasteiger partial charge in [-0.05, 0) is 24.6 Å². The van der Waals surface area contributed by atoms with Gasteiger partial charge in [-0.25, -0.2) is 4.39 Å². The fraction of sp³-hybridized carbons (Fsp3) is 0.538. The highest BCUT2D eigenvalue weighted by atomic mass is 19.3. The summed E-state index contributed by atoms with van der Waals surface area (Å²) < 4.78 is 44.8. The Balaban J connectivity index is 2.79. The van der Waals surface area contributed by atoms with Crippen molar-refractivity contribution in [2.45, 2.75) is 39.9 Å². The minimum Gasteiger partial charge on any atom is -0.312 e. The number of halogens is 3. The number of hydrogen-bond donors (Lipinski definition) is 0. The van der Waals surface area contributed by atoms with Crippen molar-refractivity contribution in [1.29, 1.82) is 0 Å². The molecule has 0 aliphatic rings. The van der Waals surface area contributed by atoms with Gasteiger partial charge in [-0.15, -0.1) is 0 Å². The summed E-state index contributed by atoms with van der Waals surface area (Å²) >= 11 is 0. The molecule has 0 saturated heterocycles. The maximum atomic E-state index is 13.6. The molecule has 1 aromatic carbocycles. The lowest BCUT2D eigenvalue weighted by atomic mass is 9.95. The number of rotatable bonds is 3. The molecule has 1 aromatic rings. The summed E-state index contributed by atoms with van der Waals surface area (Å²) in [6.45, 7) is 5.74. The highest BCUT2D eigenvalue weighted by Gasteiger charge is 2.45. The van der Waals surface area contributed by atoms with Gasteiger partial charge in [0.15, 0.2) is 0 Å². The van der Waals surface area contributed by atoms with Gasteiger partial charge in [0.2, 0.25) is 0 Å². The van der Waals surface area contributed by atoms with E-state index in [-0.39, 0.29) is 0 Å². The van der Waals surface area contributed by atoms with E-state index in [1.165, 1.54) is 52.0 Å². The molecule has 4 heteroatoms. The van der Waals surface area contributed by atoms with E-state index < -0.39 is 23.4 Å². The third-order valence-corrected chi connectivity index (χ3v) is 2.54. The van der Waals surface area contributed by atoms with E-state index in [2.05, 4.69) is 0 Å². The molecule has 0 N–H and O–H groups in total. The Bertz CT molecular complexity index is 365. The minimum absolute atomic E-state index is 0.400. The van der Waals surface area contributed by atoms with Gasteiger partial charge >= 0.3 is 6.11 Å². The van der Waals surface area contributed by atoms with Gasteiger partial charge in [-0.2, -0.15) is 8.78 Å². The third-order valence-electron chi connectivity index (χ3n) is 2.54. The van der Waals surface area contributed by atoms with Crippen LogP contribution < -0.4 is 0 Å². The molecule has 96 valence electrons. The van der Waals surface area contributed by atoms with Crippen LogP contribution in [0.3, 0.4) is 0 Å². The van der Waals surface area contributed by atoms with Gasteiger partial charge in [0.05, 0.1) is 11.5 Å². The average Bonchev–Trinajstić information content (AvgIpc) is 2.16. The monoisotopic (exact) mass is 246 g/mol. The van der Waals surface area contributed by atoms with Crippen LogP contribution in [0.15, 0.2) is 24.3 Å². The number of ether oxygens (including phenoxy) is 1. The lowest BCUT2D eigenvalue weighted by Crippen LogP contribution is -2.37. The average molecular weight is 246 g/mol. The highest BCUT2D eigenvalue weighted by molar-refractivity contribution is 5.18. The van der Waals surface area contributed by atoms with E-state index >= 15 is 0 Å². The quantitative estimate of drug-likeness (QED) is 0.760. The summed E-state index contributed by atoms with van der Waals surface area (Å²) in [6.07, 6.45) is -4.02. The maximum absolute atomic E-state index is 13.6. The fourth-order valence-corrected chi connectivity index (χ4v) is 1.20. The Kier molecular flexibility index (Phi) is 3.87. The van der Waals surface area contributed by atoms with Crippen LogP contribution in [0.2, 0.25) is 0 Å². The molecule has 0 amide bonds. The first kappa shape index (κ1) is 14.0. The molecule has 0 aliphatic heterocycles. The first-order valence-electron chi connectivity index (χ1n) is 5.44. The zero-order chi connectivity index (χ0) is 13.3. The van der Waals surface area contributed by atoms with E-state index in [4.69, 9.17) is 4.74 Å². The van der Waals surface area contributed by atoms with Crippen LogP contribution in [-0.2, 0) is 4.74 Å². The lowest BCUT2D eigenvalue weighted by molar-refractivity contribution is -0.313. The van der Waals surface area contributed by atoms with Gasteiger partial charge in [-0.3, -0.25) is 0 Å². The molecule has 0 fully saturated rings. The predicted octanol–water partition coefficient (Wildman–Crippen LogP) is 4.54. The zero-order valence-electron chi connectivity index (χ0n) is 10.4. The number of hydrogen-bond acceptors (Lipinski definition) is 1.